The molecule has 6 heteroatoms. The van der Waals surface area contributed by atoms with Crippen LogP contribution in [0.1, 0.15) is 5.56 Å². The molecule has 0 radical (unpaired) electrons. The summed E-state index contributed by atoms with van der Waals surface area (Å²) in [7, 11) is 3.17. The standard InChI is InChI=1S/C13H16N4O2/c1-18-7-9-5-3-4-6-10(9)17-12-11(14)13(19-2)16-8-15-12/h3-6,8H,7,14H2,1-2H3,(H,15,16,17). The lowest BCUT2D eigenvalue weighted by atomic mass is 10.2. The first kappa shape index (κ1) is 13.1. The number of nitrogen functional groups attached to an aromatic ring is 1. The molecule has 2 rings (SSSR count). The molecule has 0 fully saturated rings. The topological polar surface area (TPSA) is 82.3 Å². The zero-order valence-corrected chi connectivity index (χ0v) is 10.9. The fourth-order valence-electron chi connectivity index (χ4n) is 1.69. The second-order valence-electron chi connectivity index (χ2n) is 3.86. The number of aromatic nitrogens is 2. The van der Waals surface area contributed by atoms with Crippen molar-refractivity contribution in [3.8, 4) is 5.88 Å². The van der Waals surface area contributed by atoms with Crippen molar-refractivity contribution in [1.29, 1.82) is 0 Å². The third-order valence-electron chi connectivity index (χ3n) is 2.61. The highest BCUT2D eigenvalue weighted by Crippen LogP contribution is 2.28. The van der Waals surface area contributed by atoms with Gasteiger partial charge in [0.1, 0.15) is 12.0 Å². The van der Waals surface area contributed by atoms with Crippen molar-refractivity contribution in [2.24, 2.45) is 0 Å². The Hall–Kier alpha value is -2.34. The minimum absolute atomic E-state index is 0.349. The van der Waals surface area contributed by atoms with Gasteiger partial charge in [0.05, 0.1) is 13.7 Å². The van der Waals surface area contributed by atoms with Crippen molar-refractivity contribution in [2.45, 2.75) is 6.61 Å². The number of nitrogens with two attached hydrogens (primary N) is 1. The number of nitrogens with zero attached hydrogens (tertiary/aromatic N) is 2. The maximum Gasteiger partial charge on any atom is 0.242 e. The van der Waals surface area contributed by atoms with Gasteiger partial charge in [0.15, 0.2) is 5.82 Å². The van der Waals surface area contributed by atoms with E-state index < -0.39 is 0 Å². The fraction of sp³-hybridized carbons (Fsp3) is 0.231. The monoisotopic (exact) mass is 260 g/mol. The number of para-hydroxylation sites is 1. The Morgan fingerprint density at radius 3 is 2.74 bits per heavy atom. The molecular weight excluding hydrogens is 244 g/mol. The first-order valence-electron chi connectivity index (χ1n) is 5.74. The van der Waals surface area contributed by atoms with Gasteiger partial charge >= 0.3 is 0 Å². The normalized spacial score (nSPS) is 10.2. The number of hydrogen-bond acceptors (Lipinski definition) is 6. The molecule has 1 aromatic heterocycles. The van der Waals surface area contributed by atoms with Crippen molar-refractivity contribution in [1.82, 2.24) is 9.97 Å². The van der Waals surface area contributed by atoms with Gasteiger partial charge in [0, 0.05) is 18.4 Å². The van der Waals surface area contributed by atoms with E-state index in [1.54, 1.807) is 7.11 Å². The lowest BCUT2D eigenvalue weighted by molar-refractivity contribution is 0.185. The Bertz CT molecular complexity index is 560. The number of benzene rings is 1. The molecule has 3 N–H and O–H groups in total. The molecule has 0 unspecified atom stereocenters. The van der Waals surface area contributed by atoms with Gasteiger partial charge < -0.3 is 20.5 Å². The molecular formula is C13H16N4O2. The molecule has 0 atom stereocenters. The summed E-state index contributed by atoms with van der Waals surface area (Å²) in [5.74, 6) is 0.858. The molecule has 1 heterocycles. The van der Waals surface area contributed by atoms with E-state index in [-0.39, 0.29) is 0 Å². The summed E-state index contributed by atoms with van der Waals surface area (Å²) in [6, 6.07) is 7.78. The van der Waals surface area contributed by atoms with E-state index in [1.165, 1.54) is 13.4 Å². The smallest absolute Gasteiger partial charge is 0.242 e. The van der Waals surface area contributed by atoms with Crippen molar-refractivity contribution >= 4 is 17.2 Å². The van der Waals surface area contributed by atoms with Gasteiger partial charge in [-0.2, -0.15) is 4.98 Å². The van der Waals surface area contributed by atoms with E-state index >= 15 is 0 Å². The van der Waals surface area contributed by atoms with Crippen molar-refractivity contribution in [3.05, 3.63) is 36.2 Å². The van der Waals surface area contributed by atoms with Crippen molar-refractivity contribution in [3.63, 3.8) is 0 Å². The second kappa shape index (κ2) is 6.01. The molecule has 1 aromatic carbocycles. The molecule has 0 aliphatic carbocycles. The van der Waals surface area contributed by atoms with Crippen LogP contribution in [0.3, 0.4) is 0 Å². The minimum Gasteiger partial charge on any atom is -0.479 e. The van der Waals surface area contributed by atoms with Crippen molar-refractivity contribution < 1.29 is 9.47 Å². The maximum absolute atomic E-state index is 5.92. The molecule has 0 bridgehead atoms. The molecule has 100 valence electrons. The summed E-state index contributed by atoms with van der Waals surface area (Å²) < 4.78 is 10.2. The SMILES string of the molecule is COCc1ccccc1Nc1ncnc(OC)c1N. The number of rotatable bonds is 5. The van der Waals surface area contributed by atoms with Crippen LogP contribution >= 0.6 is 0 Å². The lowest BCUT2D eigenvalue weighted by Gasteiger charge is -2.13. The van der Waals surface area contributed by atoms with E-state index in [9.17, 15) is 0 Å². The highest BCUT2D eigenvalue weighted by Gasteiger charge is 2.10. The molecule has 2 aromatic rings. The lowest BCUT2D eigenvalue weighted by Crippen LogP contribution is -2.04. The largest absolute Gasteiger partial charge is 0.479 e. The molecule has 0 aliphatic heterocycles. The van der Waals surface area contributed by atoms with Crippen LogP contribution in [0.15, 0.2) is 30.6 Å². The average molecular weight is 260 g/mol. The van der Waals surface area contributed by atoms with Crippen LogP contribution in [-0.2, 0) is 11.3 Å². The maximum atomic E-state index is 5.92. The molecule has 0 saturated carbocycles. The van der Waals surface area contributed by atoms with Gasteiger partial charge in [0.25, 0.3) is 0 Å². The number of methoxy groups -OCH3 is 2. The highest BCUT2D eigenvalue weighted by molar-refractivity contribution is 5.73. The zero-order valence-electron chi connectivity index (χ0n) is 10.9. The summed E-state index contributed by atoms with van der Waals surface area (Å²) in [6.07, 6.45) is 1.40. The van der Waals surface area contributed by atoms with Crippen LogP contribution in [0.2, 0.25) is 0 Å². The Balaban J connectivity index is 2.31. The van der Waals surface area contributed by atoms with Crippen LogP contribution in [-0.4, -0.2) is 24.2 Å². The quantitative estimate of drug-likeness (QED) is 0.855. The summed E-state index contributed by atoms with van der Waals surface area (Å²) in [5.41, 5.74) is 8.20. The minimum atomic E-state index is 0.349. The van der Waals surface area contributed by atoms with Gasteiger partial charge in [-0.15, -0.1) is 0 Å². The molecule has 0 spiro atoms. The summed E-state index contributed by atoms with van der Waals surface area (Å²) in [6.45, 7) is 0.505. The second-order valence-corrected chi connectivity index (χ2v) is 3.86. The first-order chi connectivity index (χ1) is 9.26. The van der Waals surface area contributed by atoms with Crippen LogP contribution < -0.4 is 15.8 Å². The average Bonchev–Trinajstić information content (AvgIpc) is 2.43. The van der Waals surface area contributed by atoms with E-state index in [0.717, 1.165) is 11.3 Å². The van der Waals surface area contributed by atoms with Gasteiger partial charge in [-0.3, -0.25) is 0 Å². The molecule has 0 amide bonds. The number of anilines is 3. The summed E-state index contributed by atoms with van der Waals surface area (Å²) in [4.78, 5) is 8.05. The molecule has 19 heavy (non-hydrogen) atoms. The van der Waals surface area contributed by atoms with E-state index in [1.807, 2.05) is 24.3 Å². The van der Waals surface area contributed by atoms with E-state index in [0.29, 0.717) is 24.0 Å². The highest BCUT2D eigenvalue weighted by atomic mass is 16.5. The molecule has 0 saturated heterocycles. The Labute approximate surface area is 111 Å². The van der Waals surface area contributed by atoms with Crippen LogP contribution in [0.5, 0.6) is 5.88 Å². The van der Waals surface area contributed by atoms with Gasteiger partial charge in [-0.25, -0.2) is 4.98 Å². The molecule has 0 aliphatic rings. The Morgan fingerprint density at radius 2 is 2.00 bits per heavy atom. The first-order valence-corrected chi connectivity index (χ1v) is 5.74. The number of hydrogen-bond donors (Lipinski definition) is 2. The third-order valence-corrected chi connectivity index (χ3v) is 2.61. The van der Waals surface area contributed by atoms with Gasteiger partial charge in [-0.1, -0.05) is 18.2 Å². The van der Waals surface area contributed by atoms with Crippen LogP contribution in [0, 0.1) is 0 Å². The van der Waals surface area contributed by atoms with Crippen molar-refractivity contribution in [2.75, 3.05) is 25.3 Å². The zero-order chi connectivity index (χ0) is 13.7. The number of nitrogens with one attached hydrogen (secondary N) is 1. The predicted octanol–water partition coefficient (Wildman–Crippen LogP) is 1.96. The van der Waals surface area contributed by atoms with E-state index in [4.69, 9.17) is 15.2 Å². The number of ether oxygens (including phenoxy) is 2. The van der Waals surface area contributed by atoms with Crippen LogP contribution in [0.4, 0.5) is 17.2 Å². The van der Waals surface area contributed by atoms with E-state index in [2.05, 4.69) is 15.3 Å². The summed E-state index contributed by atoms with van der Waals surface area (Å²) >= 11 is 0. The van der Waals surface area contributed by atoms with Gasteiger partial charge in [0.2, 0.25) is 5.88 Å². The summed E-state index contributed by atoms with van der Waals surface area (Å²) in [5, 5.41) is 3.16. The third kappa shape index (κ3) is 2.92. The Morgan fingerprint density at radius 1 is 1.21 bits per heavy atom. The predicted molar refractivity (Wildman–Crippen MR) is 73.4 cm³/mol. The van der Waals surface area contributed by atoms with Gasteiger partial charge in [-0.05, 0) is 6.07 Å². The Kier molecular flexibility index (Phi) is 4.15. The van der Waals surface area contributed by atoms with Crippen LogP contribution in [0.25, 0.3) is 0 Å². The fourth-order valence-corrected chi connectivity index (χ4v) is 1.69. The molecule has 6 nitrogen and oxygen atoms in total.